The van der Waals surface area contributed by atoms with E-state index < -0.39 is 0 Å². The Balaban J connectivity index is 1.41. The zero-order chi connectivity index (χ0) is 16.4. The predicted octanol–water partition coefficient (Wildman–Crippen LogP) is 4.33. The average Bonchev–Trinajstić information content (AvgIpc) is 3.23. The summed E-state index contributed by atoms with van der Waals surface area (Å²) in [6.07, 6.45) is 0.629. The van der Waals surface area contributed by atoms with E-state index in [1.807, 2.05) is 42.5 Å². The minimum atomic E-state index is 0.207. The van der Waals surface area contributed by atoms with Gasteiger partial charge in [0.15, 0.2) is 11.5 Å². The Labute approximate surface area is 147 Å². The molecule has 0 fully saturated rings. The molecular formula is C17H13ClN2O3S. The van der Waals surface area contributed by atoms with Gasteiger partial charge in [-0.2, -0.15) is 0 Å². The van der Waals surface area contributed by atoms with Crippen molar-refractivity contribution in [1.29, 1.82) is 0 Å². The maximum Gasteiger partial charge on any atom is 0.276 e. The molecule has 1 aliphatic heterocycles. The quantitative estimate of drug-likeness (QED) is 0.631. The summed E-state index contributed by atoms with van der Waals surface area (Å²) < 4.78 is 16.4. The summed E-state index contributed by atoms with van der Waals surface area (Å²) in [7, 11) is 0. The Kier molecular flexibility index (Phi) is 4.32. The molecular weight excluding hydrogens is 348 g/mol. The predicted molar refractivity (Wildman–Crippen MR) is 90.7 cm³/mol. The normalized spacial score (nSPS) is 12.5. The first-order chi connectivity index (χ1) is 11.8. The number of benzene rings is 2. The largest absolute Gasteiger partial charge is 0.454 e. The molecule has 2 heterocycles. The molecule has 4 rings (SSSR count). The Morgan fingerprint density at radius 2 is 1.92 bits per heavy atom. The van der Waals surface area contributed by atoms with Gasteiger partial charge in [0.1, 0.15) is 0 Å². The molecule has 1 aromatic heterocycles. The van der Waals surface area contributed by atoms with Crippen LogP contribution in [0.1, 0.15) is 17.0 Å². The third kappa shape index (κ3) is 3.34. The van der Waals surface area contributed by atoms with Crippen molar-refractivity contribution in [1.82, 2.24) is 10.2 Å². The highest BCUT2D eigenvalue weighted by atomic mass is 35.5. The number of rotatable bonds is 5. The highest BCUT2D eigenvalue weighted by Crippen LogP contribution is 2.40. The first kappa shape index (κ1) is 15.4. The molecule has 0 saturated carbocycles. The summed E-state index contributed by atoms with van der Waals surface area (Å²) in [4.78, 5) is 0. The second kappa shape index (κ2) is 6.75. The highest BCUT2D eigenvalue weighted by Gasteiger charge is 2.18. The third-order valence-corrected chi connectivity index (χ3v) is 4.67. The number of thioether (sulfide) groups is 1. The van der Waals surface area contributed by atoms with Gasteiger partial charge in [0, 0.05) is 5.75 Å². The number of ether oxygens (including phenoxy) is 2. The lowest BCUT2D eigenvalue weighted by molar-refractivity contribution is 0.174. The molecule has 2 aromatic carbocycles. The third-order valence-electron chi connectivity index (χ3n) is 3.50. The van der Waals surface area contributed by atoms with Crippen molar-refractivity contribution in [2.45, 2.75) is 17.4 Å². The van der Waals surface area contributed by atoms with E-state index in [1.54, 1.807) is 0 Å². The lowest BCUT2D eigenvalue weighted by atomic mass is 10.2. The van der Waals surface area contributed by atoms with Gasteiger partial charge < -0.3 is 13.9 Å². The minimum Gasteiger partial charge on any atom is -0.454 e. The van der Waals surface area contributed by atoms with Crippen molar-refractivity contribution in [2.24, 2.45) is 0 Å². The maximum absolute atomic E-state index is 6.19. The van der Waals surface area contributed by atoms with Crippen LogP contribution in [0, 0.1) is 0 Å². The molecule has 0 bridgehead atoms. The van der Waals surface area contributed by atoms with Crippen molar-refractivity contribution in [3.05, 3.63) is 64.5 Å². The van der Waals surface area contributed by atoms with Crippen LogP contribution in [-0.2, 0) is 12.2 Å². The Hall–Kier alpha value is -2.18. The molecule has 1 aliphatic rings. The van der Waals surface area contributed by atoms with Gasteiger partial charge in [-0.25, -0.2) is 0 Å². The minimum absolute atomic E-state index is 0.207. The maximum atomic E-state index is 6.19. The van der Waals surface area contributed by atoms with Gasteiger partial charge in [-0.05, 0) is 23.3 Å². The zero-order valence-corrected chi connectivity index (χ0v) is 14.1. The summed E-state index contributed by atoms with van der Waals surface area (Å²) >= 11 is 7.65. The summed E-state index contributed by atoms with van der Waals surface area (Å²) in [5.41, 5.74) is 2.15. The van der Waals surface area contributed by atoms with Crippen LogP contribution in [0.25, 0.3) is 0 Å². The van der Waals surface area contributed by atoms with Gasteiger partial charge in [0.2, 0.25) is 12.7 Å². The molecule has 24 heavy (non-hydrogen) atoms. The fraction of sp³-hybridized carbons (Fsp3) is 0.176. The first-order valence-electron chi connectivity index (χ1n) is 7.35. The molecule has 0 saturated heterocycles. The molecule has 0 amide bonds. The standard InChI is InChI=1S/C17H13ClN2O3S/c18-13-6-12(7-14-16(13)22-10-21-14)9-24-17-20-19-15(23-17)8-11-4-2-1-3-5-11/h1-7H,8-10H2. The summed E-state index contributed by atoms with van der Waals surface area (Å²) in [6, 6.07) is 13.8. The van der Waals surface area contributed by atoms with Gasteiger partial charge in [-0.1, -0.05) is 53.7 Å². The second-order valence-electron chi connectivity index (χ2n) is 5.22. The molecule has 0 aliphatic carbocycles. The van der Waals surface area contributed by atoms with Crippen molar-refractivity contribution in [3.63, 3.8) is 0 Å². The van der Waals surface area contributed by atoms with Crippen LogP contribution in [0.5, 0.6) is 11.5 Å². The van der Waals surface area contributed by atoms with E-state index in [9.17, 15) is 0 Å². The molecule has 0 N–H and O–H groups in total. The van der Waals surface area contributed by atoms with E-state index in [2.05, 4.69) is 10.2 Å². The van der Waals surface area contributed by atoms with Crippen molar-refractivity contribution in [2.75, 3.05) is 6.79 Å². The van der Waals surface area contributed by atoms with Crippen molar-refractivity contribution >= 4 is 23.4 Å². The fourth-order valence-electron chi connectivity index (χ4n) is 2.39. The second-order valence-corrected chi connectivity index (χ2v) is 6.56. The summed E-state index contributed by atoms with van der Waals surface area (Å²) in [5.74, 6) is 2.54. The summed E-state index contributed by atoms with van der Waals surface area (Å²) in [6.45, 7) is 0.207. The van der Waals surface area contributed by atoms with Gasteiger partial charge in [0.25, 0.3) is 5.22 Å². The van der Waals surface area contributed by atoms with E-state index >= 15 is 0 Å². The fourth-order valence-corrected chi connectivity index (χ4v) is 3.39. The monoisotopic (exact) mass is 360 g/mol. The lowest BCUT2D eigenvalue weighted by Gasteiger charge is -2.03. The van der Waals surface area contributed by atoms with Gasteiger partial charge in [0.05, 0.1) is 11.4 Å². The number of hydrogen-bond acceptors (Lipinski definition) is 6. The van der Waals surface area contributed by atoms with Crippen LogP contribution in [0.4, 0.5) is 0 Å². The molecule has 0 atom stereocenters. The summed E-state index contributed by atoms with van der Waals surface area (Å²) in [5, 5.41) is 9.26. The Morgan fingerprint density at radius 3 is 2.79 bits per heavy atom. The SMILES string of the molecule is Clc1cc(CSc2nnc(Cc3ccccc3)o2)cc2c1OCO2. The molecule has 3 aromatic rings. The molecule has 0 radical (unpaired) electrons. The van der Waals surface area contributed by atoms with Crippen molar-refractivity contribution < 1.29 is 13.9 Å². The highest BCUT2D eigenvalue weighted by molar-refractivity contribution is 7.98. The first-order valence-corrected chi connectivity index (χ1v) is 8.71. The van der Waals surface area contributed by atoms with Gasteiger partial charge >= 0.3 is 0 Å². The topological polar surface area (TPSA) is 57.4 Å². The number of fused-ring (bicyclic) bond motifs is 1. The molecule has 5 nitrogen and oxygen atoms in total. The van der Waals surface area contributed by atoms with E-state index in [4.69, 9.17) is 25.5 Å². The van der Waals surface area contributed by atoms with Crippen LogP contribution in [-0.4, -0.2) is 17.0 Å². The molecule has 7 heteroatoms. The van der Waals surface area contributed by atoms with Gasteiger partial charge in [-0.3, -0.25) is 0 Å². The van der Waals surface area contributed by atoms with E-state index in [1.165, 1.54) is 11.8 Å². The molecule has 0 spiro atoms. The van der Waals surface area contributed by atoms with Crippen molar-refractivity contribution in [3.8, 4) is 11.5 Å². The zero-order valence-electron chi connectivity index (χ0n) is 12.6. The number of hydrogen-bond donors (Lipinski definition) is 0. The number of aromatic nitrogens is 2. The Bertz CT molecular complexity index is 854. The molecule has 122 valence electrons. The van der Waals surface area contributed by atoms with E-state index in [0.29, 0.717) is 39.8 Å². The average molecular weight is 361 g/mol. The van der Waals surface area contributed by atoms with E-state index in [-0.39, 0.29) is 6.79 Å². The molecule has 0 unspecified atom stereocenters. The van der Waals surface area contributed by atoms with E-state index in [0.717, 1.165) is 11.1 Å². The van der Waals surface area contributed by atoms with Gasteiger partial charge in [-0.15, -0.1) is 10.2 Å². The van der Waals surface area contributed by atoms with Crippen LogP contribution < -0.4 is 9.47 Å². The Morgan fingerprint density at radius 1 is 1.04 bits per heavy atom. The number of nitrogens with zero attached hydrogens (tertiary/aromatic N) is 2. The van der Waals surface area contributed by atoms with Crippen LogP contribution in [0.2, 0.25) is 5.02 Å². The van der Waals surface area contributed by atoms with Crippen LogP contribution >= 0.6 is 23.4 Å². The lowest BCUT2D eigenvalue weighted by Crippen LogP contribution is -1.93. The smallest absolute Gasteiger partial charge is 0.276 e. The van der Waals surface area contributed by atoms with Crippen LogP contribution in [0.15, 0.2) is 52.1 Å². The number of halogens is 1. The van der Waals surface area contributed by atoms with Crippen LogP contribution in [0.3, 0.4) is 0 Å².